The van der Waals surface area contributed by atoms with Crippen LogP contribution >= 0.6 is 35.3 Å². The Balaban J connectivity index is 0.00000341. The largest absolute Gasteiger partial charge is 0.355 e. The van der Waals surface area contributed by atoms with E-state index in [2.05, 4.69) is 43.4 Å². The zero-order valence-corrected chi connectivity index (χ0v) is 20.9. The van der Waals surface area contributed by atoms with E-state index in [1.54, 1.807) is 30.5 Å². The molecule has 1 aliphatic heterocycles. The number of guanidine groups is 1. The van der Waals surface area contributed by atoms with Gasteiger partial charge in [-0.3, -0.25) is 14.7 Å². The Bertz CT molecular complexity index is 827. The molecule has 9 heteroatoms. The van der Waals surface area contributed by atoms with Gasteiger partial charge in [-0.1, -0.05) is 18.2 Å². The maximum atomic E-state index is 13.2. The summed E-state index contributed by atoms with van der Waals surface area (Å²) in [4.78, 5) is 20.2. The lowest BCUT2D eigenvalue weighted by atomic mass is 10.1. The Hall–Kier alpha value is -1.72. The van der Waals surface area contributed by atoms with E-state index < -0.39 is 0 Å². The minimum atomic E-state index is -0.327. The molecular formula is C22H31FIN5OS. The molecule has 3 N–H and O–H groups in total. The molecule has 1 amide bonds. The molecule has 3 rings (SSSR count). The van der Waals surface area contributed by atoms with Crippen LogP contribution in [0.1, 0.15) is 29.3 Å². The Morgan fingerprint density at radius 3 is 2.61 bits per heavy atom. The minimum absolute atomic E-state index is 0. The van der Waals surface area contributed by atoms with E-state index in [0.717, 1.165) is 25.6 Å². The van der Waals surface area contributed by atoms with Crippen molar-refractivity contribution in [3.05, 3.63) is 58.0 Å². The Morgan fingerprint density at radius 2 is 1.94 bits per heavy atom. The van der Waals surface area contributed by atoms with Gasteiger partial charge in [0.25, 0.3) is 0 Å². The third kappa shape index (κ3) is 8.38. The topological polar surface area (TPSA) is 68.8 Å². The van der Waals surface area contributed by atoms with Crippen LogP contribution in [0.4, 0.5) is 4.39 Å². The van der Waals surface area contributed by atoms with Crippen LogP contribution in [0.3, 0.4) is 0 Å². The third-order valence-corrected chi connectivity index (χ3v) is 6.11. The second-order valence-electron chi connectivity index (χ2n) is 7.31. The number of nitrogens with one attached hydrogen (secondary N) is 3. The summed E-state index contributed by atoms with van der Waals surface area (Å²) in [6, 6.07) is 10.8. The monoisotopic (exact) mass is 559 g/mol. The molecule has 2 aromatic rings. The molecule has 0 aliphatic carbocycles. The SMILES string of the molecule is CN=C(NCCNC(=O)Cc1cccc(F)c1)NCC(c1cccs1)N1CCCC1.I. The van der Waals surface area contributed by atoms with Gasteiger partial charge in [0.05, 0.1) is 12.5 Å². The highest BCUT2D eigenvalue weighted by Crippen LogP contribution is 2.27. The Morgan fingerprint density at radius 1 is 1.16 bits per heavy atom. The van der Waals surface area contributed by atoms with Crippen LogP contribution in [0, 0.1) is 5.82 Å². The molecule has 6 nitrogen and oxygen atoms in total. The first kappa shape index (κ1) is 25.5. The molecule has 1 atom stereocenters. The molecule has 1 aromatic carbocycles. The molecule has 0 saturated carbocycles. The maximum absolute atomic E-state index is 13.2. The fourth-order valence-corrected chi connectivity index (χ4v) is 4.50. The number of rotatable bonds is 9. The summed E-state index contributed by atoms with van der Waals surface area (Å²) in [5.41, 5.74) is 0.666. The summed E-state index contributed by atoms with van der Waals surface area (Å²) < 4.78 is 13.2. The fraction of sp³-hybridized carbons (Fsp3) is 0.455. The predicted molar refractivity (Wildman–Crippen MR) is 136 cm³/mol. The Labute approximate surface area is 204 Å². The molecule has 0 spiro atoms. The third-order valence-electron chi connectivity index (χ3n) is 5.13. The lowest BCUT2D eigenvalue weighted by Gasteiger charge is -2.27. The normalized spacial score (nSPS) is 15.2. The van der Waals surface area contributed by atoms with E-state index in [4.69, 9.17) is 0 Å². The van der Waals surface area contributed by atoms with E-state index in [0.29, 0.717) is 24.7 Å². The van der Waals surface area contributed by atoms with Gasteiger partial charge >= 0.3 is 0 Å². The second-order valence-corrected chi connectivity index (χ2v) is 8.29. The van der Waals surface area contributed by atoms with Gasteiger partial charge in [-0.25, -0.2) is 4.39 Å². The van der Waals surface area contributed by atoms with Crippen LogP contribution in [0.2, 0.25) is 0 Å². The fourth-order valence-electron chi connectivity index (χ4n) is 3.64. The quantitative estimate of drug-likeness (QED) is 0.191. The summed E-state index contributed by atoms with van der Waals surface area (Å²) in [6.45, 7) is 4.07. The van der Waals surface area contributed by atoms with Crippen molar-refractivity contribution >= 4 is 47.2 Å². The number of likely N-dealkylation sites (tertiary alicyclic amines) is 1. The molecule has 31 heavy (non-hydrogen) atoms. The molecule has 1 saturated heterocycles. The van der Waals surface area contributed by atoms with E-state index >= 15 is 0 Å². The summed E-state index contributed by atoms with van der Waals surface area (Å²) in [6.07, 6.45) is 2.68. The van der Waals surface area contributed by atoms with Gasteiger partial charge in [-0.2, -0.15) is 0 Å². The first-order valence-electron chi connectivity index (χ1n) is 10.4. The van der Waals surface area contributed by atoms with Gasteiger partial charge in [-0.15, -0.1) is 35.3 Å². The van der Waals surface area contributed by atoms with Crippen LogP contribution in [-0.4, -0.2) is 56.5 Å². The molecule has 1 fully saturated rings. The van der Waals surface area contributed by atoms with Crippen molar-refractivity contribution in [2.45, 2.75) is 25.3 Å². The van der Waals surface area contributed by atoms with Crippen LogP contribution < -0.4 is 16.0 Å². The van der Waals surface area contributed by atoms with Crippen LogP contribution in [-0.2, 0) is 11.2 Å². The molecule has 2 heterocycles. The number of hydrogen-bond donors (Lipinski definition) is 3. The van der Waals surface area contributed by atoms with E-state index in [9.17, 15) is 9.18 Å². The number of benzene rings is 1. The van der Waals surface area contributed by atoms with E-state index in [1.807, 2.05) is 0 Å². The second kappa shape index (κ2) is 13.6. The van der Waals surface area contributed by atoms with Crippen LogP contribution in [0.15, 0.2) is 46.8 Å². The van der Waals surface area contributed by atoms with Gasteiger partial charge < -0.3 is 16.0 Å². The van der Waals surface area contributed by atoms with Gasteiger partial charge in [0.15, 0.2) is 5.96 Å². The molecular weight excluding hydrogens is 528 g/mol. The number of nitrogens with zero attached hydrogens (tertiary/aromatic N) is 2. The summed E-state index contributed by atoms with van der Waals surface area (Å²) in [5.74, 6) is 0.263. The first-order chi connectivity index (χ1) is 14.7. The highest BCUT2D eigenvalue weighted by molar-refractivity contribution is 14.0. The standard InChI is InChI=1S/C22H30FN5OS.HI/c1-24-22(26-10-9-25-21(29)15-17-6-4-7-18(23)14-17)27-16-19(20-8-5-13-30-20)28-11-2-3-12-28;/h4-8,13-14,19H,2-3,9-12,15-16H2,1H3,(H,25,29)(H2,24,26,27);1H. The van der Waals surface area contributed by atoms with Crippen molar-refractivity contribution in [1.29, 1.82) is 0 Å². The molecule has 170 valence electrons. The van der Waals surface area contributed by atoms with Crippen molar-refractivity contribution < 1.29 is 9.18 Å². The molecule has 0 bridgehead atoms. The molecule has 1 aliphatic rings. The van der Waals surface area contributed by atoms with Crippen molar-refractivity contribution in [3.63, 3.8) is 0 Å². The predicted octanol–water partition coefficient (Wildman–Crippen LogP) is 3.17. The highest BCUT2D eigenvalue weighted by Gasteiger charge is 2.24. The average molecular weight is 559 g/mol. The van der Waals surface area contributed by atoms with E-state index in [1.165, 1.54) is 29.9 Å². The lowest BCUT2D eigenvalue weighted by molar-refractivity contribution is -0.120. The van der Waals surface area contributed by atoms with Crippen LogP contribution in [0.25, 0.3) is 0 Å². The van der Waals surface area contributed by atoms with Gasteiger partial charge in [0.2, 0.25) is 5.91 Å². The minimum Gasteiger partial charge on any atom is -0.355 e. The number of hydrogen-bond acceptors (Lipinski definition) is 4. The van der Waals surface area contributed by atoms with Crippen molar-refractivity contribution in [1.82, 2.24) is 20.9 Å². The van der Waals surface area contributed by atoms with Crippen molar-refractivity contribution in [2.24, 2.45) is 4.99 Å². The summed E-state index contributed by atoms with van der Waals surface area (Å²) in [5, 5.41) is 11.6. The number of aliphatic imine (C=N–C) groups is 1. The zero-order valence-electron chi connectivity index (χ0n) is 17.8. The number of thiophene rings is 1. The molecule has 1 aromatic heterocycles. The van der Waals surface area contributed by atoms with Crippen LogP contribution in [0.5, 0.6) is 0 Å². The number of amides is 1. The smallest absolute Gasteiger partial charge is 0.224 e. The Kier molecular flexibility index (Phi) is 11.2. The number of carbonyl (C=O) groups excluding carboxylic acids is 1. The molecule has 1 unspecified atom stereocenters. The van der Waals surface area contributed by atoms with Crippen molar-refractivity contribution in [2.75, 3.05) is 39.8 Å². The van der Waals surface area contributed by atoms with Gasteiger partial charge in [0.1, 0.15) is 5.82 Å². The lowest BCUT2D eigenvalue weighted by Crippen LogP contribution is -2.44. The average Bonchev–Trinajstić information content (AvgIpc) is 3.44. The van der Waals surface area contributed by atoms with Gasteiger partial charge in [-0.05, 0) is 55.1 Å². The number of carbonyl (C=O) groups is 1. The highest BCUT2D eigenvalue weighted by atomic mass is 127. The summed E-state index contributed by atoms with van der Waals surface area (Å²) in [7, 11) is 1.74. The zero-order chi connectivity index (χ0) is 21.2. The number of halogens is 2. The van der Waals surface area contributed by atoms with Gasteiger partial charge in [0, 0.05) is 31.6 Å². The van der Waals surface area contributed by atoms with Crippen molar-refractivity contribution in [3.8, 4) is 0 Å². The summed E-state index contributed by atoms with van der Waals surface area (Å²) >= 11 is 1.79. The maximum Gasteiger partial charge on any atom is 0.224 e. The molecule has 0 radical (unpaired) electrons. The first-order valence-corrected chi connectivity index (χ1v) is 11.3. The van der Waals surface area contributed by atoms with E-state index in [-0.39, 0.29) is 42.1 Å².